The second kappa shape index (κ2) is 10.8. The van der Waals surface area contributed by atoms with Crippen LogP contribution in [0.1, 0.15) is 18.9 Å². The van der Waals surface area contributed by atoms with Gasteiger partial charge in [-0.05, 0) is 24.6 Å². The number of nitrogens with zero attached hydrogens (tertiary/aromatic N) is 1. The van der Waals surface area contributed by atoms with Gasteiger partial charge in [0, 0.05) is 29.7 Å². The first kappa shape index (κ1) is 21.2. The summed E-state index contributed by atoms with van der Waals surface area (Å²) in [5, 5.41) is 2.77. The molecule has 3 N–H and O–H groups in total. The summed E-state index contributed by atoms with van der Waals surface area (Å²) in [5.74, 6) is 0.489. The van der Waals surface area contributed by atoms with Crippen molar-refractivity contribution in [2.45, 2.75) is 26.0 Å². The normalized spacial score (nSPS) is 10.7. The first-order valence-corrected chi connectivity index (χ1v) is 6.87. The second-order valence-electron chi connectivity index (χ2n) is 4.68. The Bertz CT molecular complexity index is 597. The van der Waals surface area contributed by atoms with E-state index in [1.807, 2.05) is 31.2 Å². The average molecular weight is 358 g/mol. The zero-order valence-electron chi connectivity index (χ0n) is 12.8. The molecule has 1 aromatic heterocycles. The van der Waals surface area contributed by atoms with Gasteiger partial charge in [0.1, 0.15) is 12.4 Å². The summed E-state index contributed by atoms with van der Waals surface area (Å²) in [5.41, 5.74) is 7.35. The molecule has 1 atom stereocenters. The van der Waals surface area contributed by atoms with Gasteiger partial charge in [0.25, 0.3) is 0 Å². The third-order valence-corrected chi connectivity index (χ3v) is 3.01. The number of ether oxygens (including phenoxy) is 1. The molecule has 0 saturated heterocycles. The third kappa shape index (κ3) is 6.86. The number of nitrogens with two attached hydrogens (primary N) is 1. The summed E-state index contributed by atoms with van der Waals surface area (Å²) in [4.78, 5) is 15.8. The van der Waals surface area contributed by atoms with E-state index in [1.54, 1.807) is 24.5 Å². The minimum absolute atomic E-state index is 0. The smallest absolute Gasteiger partial charge is 0.241 e. The van der Waals surface area contributed by atoms with E-state index in [-0.39, 0.29) is 30.7 Å². The van der Waals surface area contributed by atoms with Gasteiger partial charge in [0.15, 0.2) is 0 Å². The molecule has 0 spiro atoms. The minimum atomic E-state index is -0.495. The molecule has 7 heteroatoms. The number of halogens is 2. The molecule has 0 saturated carbocycles. The number of carbonyl (C=O) groups is 1. The molecule has 0 radical (unpaired) electrons. The van der Waals surface area contributed by atoms with Crippen LogP contribution in [-0.4, -0.2) is 16.9 Å². The SMILES string of the molecule is CC[C@H](N)C(=O)Nc1cccc(OCc2cccnc2)c1.Cl.Cl. The fourth-order valence-corrected chi connectivity index (χ4v) is 1.73. The highest BCUT2D eigenvalue weighted by Crippen LogP contribution is 2.18. The number of hydrogen-bond acceptors (Lipinski definition) is 4. The summed E-state index contributed by atoms with van der Waals surface area (Å²) in [6.45, 7) is 2.30. The van der Waals surface area contributed by atoms with Crippen LogP contribution in [0.15, 0.2) is 48.8 Å². The van der Waals surface area contributed by atoms with Crippen molar-refractivity contribution in [1.82, 2.24) is 4.98 Å². The average Bonchev–Trinajstić information content (AvgIpc) is 2.53. The Hall–Kier alpha value is -1.82. The third-order valence-electron chi connectivity index (χ3n) is 3.01. The van der Waals surface area contributed by atoms with E-state index < -0.39 is 6.04 Å². The van der Waals surface area contributed by atoms with Crippen LogP contribution in [0.5, 0.6) is 5.75 Å². The molecule has 126 valence electrons. The number of pyridine rings is 1. The van der Waals surface area contributed by atoms with Crippen molar-refractivity contribution in [3.8, 4) is 5.75 Å². The van der Waals surface area contributed by atoms with Gasteiger partial charge in [0.05, 0.1) is 6.04 Å². The Kier molecular flexibility index (Phi) is 9.97. The van der Waals surface area contributed by atoms with Gasteiger partial charge < -0.3 is 15.8 Å². The van der Waals surface area contributed by atoms with Crippen molar-refractivity contribution < 1.29 is 9.53 Å². The van der Waals surface area contributed by atoms with Gasteiger partial charge in [-0.2, -0.15) is 0 Å². The molecule has 5 nitrogen and oxygen atoms in total. The molecule has 0 aliphatic carbocycles. The van der Waals surface area contributed by atoms with Gasteiger partial charge in [-0.15, -0.1) is 24.8 Å². The number of carbonyl (C=O) groups excluding carboxylic acids is 1. The van der Waals surface area contributed by atoms with Crippen molar-refractivity contribution >= 4 is 36.4 Å². The minimum Gasteiger partial charge on any atom is -0.489 e. The molecule has 0 aliphatic rings. The number of rotatable bonds is 6. The van der Waals surface area contributed by atoms with Gasteiger partial charge in [0.2, 0.25) is 5.91 Å². The molecule has 0 fully saturated rings. The van der Waals surface area contributed by atoms with Crippen molar-refractivity contribution in [2.75, 3.05) is 5.32 Å². The highest BCUT2D eigenvalue weighted by Gasteiger charge is 2.11. The molecule has 2 aromatic rings. The largest absolute Gasteiger partial charge is 0.489 e. The predicted molar refractivity (Wildman–Crippen MR) is 96.4 cm³/mol. The first-order chi connectivity index (χ1) is 10.2. The van der Waals surface area contributed by atoms with Crippen LogP contribution < -0.4 is 15.8 Å². The van der Waals surface area contributed by atoms with E-state index in [1.165, 1.54) is 0 Å². The Labute approximate surface area is 148 Å². The standard InChI is InChI=1S/C16H19N3O2.2ClH/c1-2-15(17)16(20)19-13-6-3-7-14(9-13)21-11-12-5-4-8-18-10-12;;/h3-10,15H,2,11,17H2,1H3,(H,19,20);2*1H/t15-;;/m0../s1. The van der Waals surface area contributed by atoms with E-state index in [0.717, 1.165) is 5.56 Å². The molecular weight excluding hydrogens is 337 g/mol. The Morgan fingerprint density at radius 2 is 2.09 bits per heavy atom. The highest BCUT2D eigenvalue weighted by atomic mass is 35.5. The van der Waals surface area contributed by atoms with Crippen molar-refractivity contribution in [2.24, 2.45) is 5.73 Å². The lowest BCUT2D eigenvalue weighted by Crippen LogP contribution is -2.34. The van der Waals surface area contributed by atoms with Gasteiger partial charge in [-0.25, -0.2) is 0 Å². The maximum Gasteiger partial charge on any atom is 0.241 e. The van der Waals surface area contributed by atoms with Gasteiger partial charge in [-0.1, -0.05) is 19.1 Å². The van der Waals surface area contributed by atoms with E-state index in [2.05, 4.69) is 10.3 Å². The van der Waals surface area contributed by atoms with Crippen LogP contribution in [0.25, 0.3) is 0 Å². The molecule has 1 heterocycles. The second-order valence-corrected chi connectivity index (χ2v) is 4.68. The van der Waals surface area contributed by atoms with E-state index in [0.29, 0.717) is 24.5 Å². The van der Waals surface area contributed by atoms with Gasteiger partial charge in [-0.3, -0.25) is 9.78 Å². The molecule has 2 rings (SSSR count). The number of nitrogens with one attached hydrogen (secondary N) is 1. The van der Waals surface area contributed by atoms with Crippen LogP contribution in [0.3, 0.4) is 0 Å². The Morgan fingerprint density at radius 1 is 1.30 bits per heavy atom. The lowest BCUT2D eigenvalue weighted by Gasteiger charge is -2.11. The molecule has 1 aromatic carbocycles. The van der Waals surface area contributed by atoms with E-state index >= 15 is 0 Å². The Morgan fingerprint density at radius 3 is 2.74 bits per heavy atom. The quantitative estimate of drug-likeness (QED) is 0.832. The maximum atomic E-state index is 11.7. The summed E-state index contributed by atoms with van der Waals surface area (Å²) in [6.07, 6.45) is 4.07. The monoisotopic (exact) mass is 357 g/mol. The topological polar surface area (TPSA) is 77.2 Å². The number of aromatic nitrogens is 1. The fourth-order valence-electron chi connectivity index (χ4n) is 1.73. The number of hydrogen-bond donors (Lipinski definition) is 2. The van der Waals surface area contributed by atoms with Crippen LogP contribution in [-0.2, 0) is 11.4 Å². The van der Waals surface area contributed by atoms with Crippen LogP contribution in [0.4, 0.5) is 5.69 Å². The molecule has 0 aliphatic heterocycles. The number of anilines is 1. The number of benzene rings is 1. The fraction of sp³-hybridized carbons (Fsp3) is 0.250. The summed E-state index contributed by atoms with van der Waals surface area (Å²) in [7, 11) is 0. The zero-order chi connectivity index (χ0) is 15.1. The van der Waals surface area contributed by atoms with E-state index in [4.69, 9.17) is 10.5 Å². The molecule has 1 amide bonds. The van der Waals surface area contributed by atoms with Gasteiger partial charge >= 0.3 is 0 Å². The van der Waals surface area contributed by atoms with Crippen LogP contribution >= 0.6 is 24.8 Å². The van der Waals surface area contributed by atoms with Crippen LogP contribution in [0.2, 0.25) is 0 Å². The van der Waals surface area contributed by atoms with E-state index in [9.17, 15) is 4.79 Å². The lowest BCUT2D eigenvalue weighted by atomic mass is 10.2. The van der Waals surface area contributed by atoms with Crippen molar-refractivity contribution in [3.05, 3.63) is 54.4 Å². The van der Waals surface area contributed by atoms with Crippen molar-refractivity contribution in [1.29, 1.82) is 0 Å². The lowest BCUT2D eigenvalue weighted by molar-refractivity contribution is -0.117. The predicted octanol–water partition coefficient (Wildman–Crippen LogP) is 3.18. The summed E-state index contributed by atoms with van der Waals surface area (Å²) in [6, 6.07) is 10.6. The molecule has 0 unspecified atom stereocenters. The maximum absolute atomic E-state index is 11.7. The zero-order valence-corrected chi connectivity index (χ0v) is 14.4. The summed E-state index contributed by atoms with van der Waals surface area (Å²) >= 11 is 0. The number of amides is 1. The van der Waals surface area contributed by atoms with Crippen LogP contribution in [0, 0.1) is 0 Å². The van der Waals surface area contributed by atoms with Crippen molar-refractivity contribution in [3.63, 3.8) is 0 Å². The first-order valence-electron chi connectivity index (χ1n) is 6.87. The Balaban J connectivity index is 0.00000242. The molecule has 0 bridgehead atoms. The molecular formula is C16H21Cl2N3O2. The summed E-state index contributed by atoms with van der Waals surface area (Å²) < 4.78 is 5.68. The molecule has 23 heavy (non-hydrogen) atoms. The highest BCUT2D eigenvalue weighted by molar-refractivity contribution is 5.94.